The molecule has 3 rings (SSSR count). The molecular weight excluding hydrogens is 248 g/mol. The molecule has 0 heterocycles. The molecule has 0 unspecified atom stereocenters. The lowest BCUT2D eigenvalue weighted by Gasteiger charge is -2.30. The van der Waals surface area contributed by atoms with E-state index in [0.29, 0.717) is 12.0 Å². The van der Waals surface area contributed by atoms with Crippen LogP contribution >= 0.6 is 0 Å². The summed E-state index contributed by atoms with van der Waals surface area (Å²) in [6, 6.07) is 4.78. The Morgan fingerprint density at radius 3 is 2.47 bits per heavy atom. The first kappa shape index (κ1) is 11.4. The molecule has 5 nitrogen and oxygen atoms in total. The fraction of sp³-hybridized carbons (Fsp3) is 0.0714. The first-order valence-corrected chi connectivity index (χ1v) is 5.60. The third kappa shape index (κ3) is 1.38. The number of carbonyl (C=O) groups excluding carboxylic acids is 1. The van der Waals surface area contributed by atoms with E-state index in [1.165, 1.54) is 12.1 Å². The summed E-state index contributed by atoms with van der Waals surface area (Å²) in [5.74, 6) is -3.00. The fourth-order valence-corrected chi connectivity index (χ4v) is 2.55. The number of aliphatic carboxylic acids is 1. The minimum Gasteiger partial charge on any atom is -0.478 e. The van der Waals surface area contributed by atoms with Crippen molar-refractivity contribution in [1.82, 2.24) is 0 Å². The van der Waals surface area contributed by atoms with Crippen molar-refractivity contribution in [3.05, 3.63) is 46.5 Å². The predicted molar refractivity (Wildman–Crippen MR) is 65.6 cm³/mol. The van der Waals surface area contributed by atoms with E-state index in [-0.39, 0.29) is 16.7 Å². The molecule has 0 aromatic heterocycles. The maximum absolute atomic E-state index is 12.1. The first-order valence-electron chi connectivity index (χ1n) is 5.60. The molecule has 2 N–H and O–H groups in total. The molecule has 0 aliphatic heterocycles. The lowest BCUT2D eigenvalue weighted by Crippen LogP contribution is -2.25. The van der Waals surface area contributed by atoms with Crippen molar-refractivity contribution in [1.29, 1.82) is 0 Å². The second kappa shape index (κ2) is 3.65. The van der Waals surface area contributed by atoms with Crippen LogP contribution in [0, 0.1) is 0 Å². The number of carboxylic acids is 2. The van der Waals surface area contributed by atoms with Crippen molar-refractivity contribution in [2.75, 3.05) is 0 Å². The van der Waals surface area contributed by atoms with Crippen molar-refractivity contribution in [2.45, 2.75) is 6.42 Å². The van der Waals surface area contributed by atoms with Crippen molar-refractivity contribution < 1.29 is 24.6 Å². The number of benzene rings is 1. The van der Waals surface area contributed by atoms with Crippen molar-refractivity contribution in [3.63, 3.8) is 0 Å². The van der Waals surface area contributed by atoms with Gasteiger partial charge in [0.25, 0.3) is 0 Å². The number of aromatic carboxylic acids is 1. The maximum atomic E-state index is 12.1. The summed E-state index contributed by atoms with van der Waals surface area (Å²) in [6.07, 6.45) is 1.72. The van der Waals surface area contributed by atoms with Crippen LogP contribution < -0.4 is 0 Å². The van der Waals surface area contributed by atoms with Crippen LogP contribution in [0.1, 0.15) is 27.9 Å². The number of fused-ring (bicyclic) bond motifs is 3. The van der Waals surface area contributed by atoms with Crippen LogP contribution in [0.5, 0.6) is 0 Å². The van der Waals surface area contributed by atoms with Crippen molar-refractivity contribution in [2.24, 2.45) is 0 Å². The Labute approximate surface area is 107 Å². The molecule has 0 atom stereocenters. The molecule has 0 fully saturated rings. The monoisotopic (exact) mass is 256 g/mol. The number of ketones is 1. The van der Waals surface area contributed by atoms with Crippen LogP contribution in [0.2, 0.25) is 0 Å². The van der Waals surface area contributed by atoms with Crippen LogP contribution in [0.15, 0.2) is 29.8 Å². The number of hydrogen-bond acceptors (Lipinski definition) is 3. The Morgan fingerprint density at radius 1 is 1.11 bits per heavy atom. The van der Waals surface area contributed by atoms with Crippen molar-refractivity contribution >= 4 is 28.9 Å². The summed E-state index contributed by atoms with van der Waals surface area (Å²) in [6.45, 7) is 0. The average Bonchev–Trinajstić information content (AvgIpc) is 2.33. The Balaban J connectivity index is 2.14. The highest BCUT2D eigenvalue weighted by atomic mass is 16.4. The fourth-order valence-electron chi connectivity index (χ4n) is 2.55. The lowest BCUT2D eigenvalue weighted by molar-refractivity contribution is -0.134. The SMILES string of the molecule is O=C(O)C1=CCC2=C(C1=O)c1c(C(=O)O)cccc12. The van der Waals surface area contributed by atoms with Gasteiger partial charge in [-0.1, -0.05) is 18.2 Å². The highest BCUT2D eigenvalue weighted by Gasteiger charge is 2.39. The zero-order chi connectivity index (χ0) is 13.7. The largest absolute Gasteiger partial charge is 0.478 e. The van der Waals surface area contributed by atoms with Gasteiger partial charge in [0.05, 0.1) is 5.56 Å². The molecule has 0 saturated carbocycles. The molecule has 1 aromatic carbocycles. The highest BCUT2D eigenvalue weighted by molar-refractivity contribution is 6.46. The van der Waals surface area contributed by atoms with E-state index >= 15 is 0 Å². The molecular formula is C14H8O5. The molecule has 0 saturated heterocycles. The van der Waals surface area contributed by atoms with Gasteiger partial charge in [-0.05, 0) is 23.6 Å². The van der Waals surface area contributed by atoms with E-state index in [0.717, 1.165) is 11.1 Å². The second-order valence-electron chi connectivity index (χ2n) is 4.34. The Morgan fingerprint density at radius 2 is 1.84 bits per heavy atom. The number of hydrogen-bond donors (Lipinski definition) is 2. The number of Topliss-reactive ketones (excluding diaryl/α,β-unsaturated/α-hetero) is 1. The summed E-state index contributed by atoms with van der Waals surface area (Å²) in [4.78, 5) is 34.1. The summed E-state index contributed by atoms with van der Waals surface area (Å²) in [5, 5.41) is 18.0. The zero-order valence-corrected chi connectivity index (χ0v) is 9.64. The van der Waals surface area contributed by atoms with Gasteiger partial charge in [0.15, 0.2) is 0 Å². The van der Waals surface area contributed by atoms with Gasteiger partial charge in [-0.3, -0.25) is 4.79 Å². The van der Waals surface area contributed by atoms with Gasteiger partial charge in [-0.25, -0.2) is 9.59 Å². The summed E-state index contributed by atoms with van der Waals surface area (Å²) in [7, 11) is 0. The molecule has 5 heteroatoms. The van der Waals surface area contributed by atoms with Gasteiger partial charge in [0, 0.05) is 11.1 Å². The van der Waals surface area contributed by atoms with Gasteiger partial charge in [-0.2, -0.15) is 0 Å². The zero-order valence-electron chi connectivity index (χ0n) is 9.64. The average molecular weight is 256 g/mol. The molecule has 19 heavy (non-hydrogen) atoms. The number of carbonyl (C=O) groups is 3. The Hall–Kier alpha value is -2.69. The smallest absolute Gasteiger partial charge is 0.339 e. The van der Waals surface area contributed by atoms with Crippen LogP contribution in [-0.4, -0.2) is 27.9 Å². The Bertz CT molecular complexity index is 721. The van der Waals surface area contributed by atoms with Crippen molar-refractivity contribution in [3.8, 4) is 0 Å². The van der Waals surface area contributed by atoms with E-state index in [9.17, 15) is 14.4 Å². The quantitative estimate of drug-likeness (QED) is 0.784. The molecule has 2 aliphatic rings. The summed E-state index contributed by atoms with van der Waals surface area (Å²) < 4.78 is 0. The van der Waals surface area contributed by atoms with Crippen LogP contribution in [-0.2, 0) is 9.59 Å². The van der Waals surface area contributed by atoms with Gasteiger partial charge in [-0.15, -0.1) is 0 Å². The lowest BCUT2D eigenvalue weighted by atomic mass is 9.71. The number of rotatable bonds is 2. The molecule has 1 aromatic rings. The van der Waals surface area contributed by atoms with Gasteiger partial charge in [0.1, 0.15) is 5.57 Å². The molecule has 0 bridgehead atoms. The molecule has 0 radical (unpaired) electrons. The van der Waals surface area contributed by atoms with E-state index in [1.807, 2.05) is 0 Å². The normalized spacial score (nSPS) is 16.2. The standard InChI is InChI=1S/C14H8O5/c15-12-9(14(18)19)5-4-7-6-2-1-3-8(13(16)17)10(6)11(7)12/h1-3,5H,4H2,(H,16,17)(H,18,19). The molecule has 0 spiro atoms. The number of carboxylic acid groups (broad SMARTS) is 2. The summed E-state index contributed by atoms with van der Waals surface area (Å²) in [5.41, 5.74) is 1.81. The van der Waals surface area contributed by atoms with E-state index in [4.69, 9.17) is 10.2 Å². The van der Waals surface area contributed by atoms with Crippen LogP contribution in [0.25, 0.3) is 11.1 Å². The highest BCUT2D eigenvalue weighted by Crippen LogP contribution is 2.48. The minimum absolute atomic E-state index is 0.0382. The Kier molecular flexibility index (Phi) is 2.19. The first-order chi connectivity index (χ1) is 9.02. The molecule has 2 aliphatic carbocycles. The third-order valence-corrected chi connectivity index (χ3v) is 3.38. The van der Waals surface area contributed by atoms with E-state index in [1.54, 1.807) is 12.1 Å². The van der Waals surface area contributed by atoms with E-state index in [2.05, 4.69) is 0 Å². The minimum atomic E-state index is -1.28. The topological polar surface area (TPSA) is 91.7 Å². The van der Waals surface area contributed by atoms with Crippen LogP contribution in [0.4, 0.5) is 0 Å². The molecule has 0 amide bonds. The van der Waals surface area contributed by atoms with Gasteiger partial charge >= 0.3 is 11.9 Å². The van der Waals surface area contributed by atoms with Crippen LogP contribution in [0.3, 0.4) is 0 Å². The number of allylic oxidation sites excluding steroid dienone is 3. The van der Waals surface area contributed by atoms with Gasteiger partial charge in [0.2, 0.25) is 5.78 Å². The van der Waals surface area contributed by atoms with Gasteiger partial charge < -0.3 is 10.2 Å². The second-order valence-corrected chi connectivity index (χ2v) is 4.34. The predicted octanol–water partition coefficient (Wildman–Crippen LogP) is 1.59. The third-order valence-electron chi connectivity index (χ3n) is 3.38. The van der Waals surface area contributed by atoms with E-state index < -0.39 is 17.7 Å². The molecule has 94 valence electrons. The maximum Gasteiger partial charge on any atom is 0.339 e. The summed E-state index contributed by atoms with van der Waals surface area (Å²) >= 11 is 0.